The van der Waals surface area contributed by atoms with Gasteiger partial charge in [0.2, 0.25) is 11.6 Å². The number of hydrogen-bond donors (Lipinski definition) is 0. The van der Waals surface area contributed by atoms with Crippen LogP contribution in [0, 0.1) is 5.95 Å². The highest BCUT2D eigenvalue weighted by atomic mass is 35.5. The van der Waals surface area contributed by atoms with Crippen molar-refractivity contribution >= 4 is 17.9 Å². The van der Waals surface area contributed by atoms with E-state index in [1.165, 1.54) is 7.05 Å². The number of aromatic nitrogens is 2. The van der Waals surface area contributed by atoms with Crippen molar-refractivity contribution in [3.8, 4) is 0 Å². The van der Waals surface area contributed by atoms with E-state index in [0.717, 1.165) is 4.68 Å². The van der Waals surface area contributed by atoms with Crippen molar-refractivity contribution in [2.75, 3.05) is 0 Å². The van der Waals surface area contributed by atoms with E-state index in [1.807, 2.05) is 0 Å². The molecule has 0 radical (unpaired) electrons. The Balaban J connectivity index is 3.29. The molecule has 1 atom stereocenters. The Morgan fingerprint density at radius 2 is 2.33 bits per heavy atom. The van der Waals surface area contributed by atoms with Gasteiger partial charge in [-0.1, -0.05) is 11.6 Å². The number of carbonyl (C=O) groups excluding carboxylic acids is 1. The monoisotopic (exact) mass is 194 g/mol. The fraction of sp³-hybridized carbons (Fsp3) is 0.333. The second kappa shape index (κ2) is 3.18. The highest BCUT2D eigenvalue weighted by molar-refractivity contribution is 6.20. The third-order valence-electron chi connectivity index (χ3n) is 1.36. The molecule has 0 spiro atoms. The van der Waals surface area contributed by atoms with Gasteiger partial charge < -0.3 is 0 Å². The Bertz CT molecular complexity index is 311. The van der Waals surface area contributed by atoms with Crippen molar-refractivity contribution in [3.63, 3.8) is 0 Å². The Labute approximate surface area is 71.9 Å². The number of carbonyl (C=O) groups is 1. The minimum atomic E-state index is -1.96. The number of alkyl halides is 2. The lowest BCUT2D eigenvalue weighted by molar-refractivity contribution is 0.111. The van der Waals surface area contributed by atoms with Gasteiger partial charge in [0.15, 0.2) is 6.29 Å². The van der Waals surface area contributed by atoms with Gasteiger partial charge >= 0.3 is 0 Å². The number of hydrogen-bond acceptors (Lipinski definition) is 2. The summed E-state index contributed by atoms with van der Waals surface area (Å²) in [6.45, 7) is 0. The standard InChI is InChI=1S/C6H5ClF2N2O/c1-11-6(9)3(2-12)4(10-11)5(7)8/h2,5H,1H3. The summed E-state index contributed by atoms with van der Waals surface area (Å²) in [4.78, 5) is 10.2. The maximum Gasteiger partial charge on any atom is 0.222 e. The van der Waals surface area contributed by atoms with Gasteiger partial charge in [0.1, 0.15) is 5.69 Å². The van der Waals surface area contributed by atoms with Crippen LogP contribution in [-0.2, 0) is 7.05 Å². The van der Waals surface area contributed by atoms with Gasteiger partial charge in [-0.25, -0.2) is 9.07 Å². The Morgan fingerprint density at radius 1 is 1.75 bits per heavy atom. The van der Waals surface area contributed by atoms with Crippen molar-refractivity contribution in [2.45, 2.75) is 5.63 Å². The molecule has 1 unspecified atom stereocenters. The van der Waals surface area contributed by atoms with E-state index in [9.17, 15) is 13.6 Å². The number of halogens is 3. The van der Waals surface area contributed by atoms with Crippen LogP contribution in [0.25, 0.3) is 0 Å². The maximum absolute atomic E-state index is 12.8. The molecule has 0 saturated carbocycles. The zero-order valence-electron chi connectivity index (χ0n) is 6.09. The van der Waals surface area contributed by atoms with Gasteiger partial charge in [-0.2, -0.15) is 9.49 Å². The smallest absolute Gasteiger partial charge is 0.222 e. The van der Waals surface area contributed by atoms with Crippen LogP contribution in [0.3, 0.4) is 0 Å². The zero-order valence-corrected chi connectivity index (χ0v) is 6.85. The van der Waals surface area contributed by atoms with E-state index in [0.29, 0.717) is 0 Å². The molecule has 0 N–H and O–H groups in total. The minimum Gasteiger partial charge on any atom is -0.298 e. The summed E-state index contributed by atoms with van der Waals surface area (Å²) in [7, 11) is 1.26. The minimum absolute atomic E-state index is 0.187. The van der Waals surface area contributed by atoms with Gasteiger partial charge in [-0.05, 0) is 0 Å². The van der Waals surface area contributed by atoms with E-state index in [4.69, 9.17) is 11.6 Å². The third kappa shape index (κ3) is 1.32. The van der Waals surface area contributed by atoms with Crippen molar-refractivity contribution in [1.82, 2.24) is 9.78 Å². The van der Waals surface area contributed by atoms with Crippen molar-refractivity contribution in [1.29, 1.82) is 0 Å². The molecule has 0 aliphatic heterocycles. The van der Waals surface area contributed by atoms with Crippen LogP contribution in [0.4, 0.5) is 8.78 Å². The Morgan fingerprint density at radius 3 is 2.67 bits per heavy atom. The molecule has 0 fully saturated rings. The van der Waals surface area contributed by atoms with E-state index < -0.39 is 17.1 Å². The Hall–Kier alpha value is -0.970. The fourth-order valence-corrected chi connectivity index (χ4v) is 0.971. The highest BCUT2D eigenvalue weighted by Gasteiger charge is 2.20. The first-order valence-corrected chi connectivity index (χ1v) is 3.47. The predicted molar refractivity (Wildman–Crippen MR) is 38.3 cm³/mol. The van der Waals surface area contributed by atoms with Gasteiger partial charge in [-0.15, -0.1) is 0 Å². The van der Waals surface area contributed by atoms with E-state index in [2.05, 4.69) is 5.10 Å². The molecule has 1 aromatic heterocycles. The summed E-state index contributed by atoms with van der Waals surface area (Å²) in [5, 5.41) is 3.38. The average molecular weight is 195 g/mol. The van der Waals surface area contributed by atoms with Crippen LogP contribution in [0.2, 0.25) is 0 Å². The number of aldehydes is 1. The van der Waals surface area contributed by atoms with Crippen molar-refractivity contribution < 1.29 is 13.6 Å². The average Bonchev–Trinajstić information content (AvgIpc) is 2.29. The van der Waals surface area contributed by atoms with Crippen LogP contribution >= 0.6 is 11.6 Å². The largest absolute Gasteiger partial charge is 0.298 e. The second-order valence-corrected chi connectivity index (χ2v) is 2.52. The second-order valence-electron chi connectivity index (χ2n) is 2.13. The molecule has 0 bridgehead atoms. The molecule has 1 heterocycles. The summed E-state index contributed by atoms with van der Waals surface area (Å²) in [6.07, 6.45) is 0.187. The molecule has 0 aliphatic carbocycles. The lowest BCUT2D eigenvalue weighted by Gasteiger charge is -1.92. The molecule has 0 aromatic carbocycles. The van der Waals surface area contributed by atoms with Gasteiger partial charge in [0.05, 0.1) is 5.56 Å². The molecule has 3 nitrogen and oxygen atoms in total. The molecule has 12 heavy (non-hydrogen) atoms. The Kier molecular flexibility index (Phi) is 2.42. The molecule has 0 saturated heterocycles. The molecule has 6 heteroatoms. The first-order chi connectivity index (χ1) is 5.57. The molecule has 0 amide bonds. The summed E-state index contributed by atoms with van der Waals surface area (Å²) < 4.78 is 26.0. The number of rotatable bonds is 2. The molecule has 1 aromatic rings. The van der Waals surface area contributed by atoms with Crippen LogP contribution in [0.1, 0.15) is 21.7 Å². The first-order valence-electron chi connectivity index (χ1n) is 3.03. The van der Waals surface area contributed by atoms with Crippen LogP contribution in [0.5, 0.6) is 0 Å². The van der Waals surface area contributed by atoms with Gasteiger partial charge in [0, 0.05) is 7.05 Å². The molecular formula is C6H5ClF2N2O. The predicted octanol–water partition coefficient (Wildman–Crippen LogP) is 1.58. The fourth-order valence-electron chi connectivity index (χ4n) is 0.810. The number of nitrogens with zero attached hydrogens (tertiary/aromatic N) is 2. The summed E-state index contributed by atoms with van der Waals surface area (Å²) in [6, 6.07) is 0. The van der Waals surface area contributed by atoms with E-state index in [1.54, 1.807) is 0 Å². The van der Waals surface area contributed by atoms with Crippen molar-refractivity contribution in [2.24, 2.45) is 7.05 Å². The lowest BCUT2D eigenvalue weighted by atomic mass is 10.3. The number of aryl methyl sites for hydroxylation is 1. The normalized spacial score (nSPS) is 13.0. The molecule has 0 aliphatic rings. The van der Waals surface area contributed by atoms with E-state index >= 15 is 0 Å². The van der Waals surface area contributed by atoms with Crippen LogP contribution in [-0.4, -0.2) is 16.1 Å². The van der Waals surface area contributed by atoms with Gasteiger partial charge in [-0.3, -0.25) is 4.79 Å². The highest BCUT2D eigenvalue weighted by Crippen LogP contribution is 2.24. The molecule has 66 valence electrons. The maximum atomic E-state index is 12.8. The zero-order chi connectivity index (χ0) is 9.30. The molecular weight excluding hydrogens is 190 g/mol. The van der Waals surface area contributed by atoms with E-state index in [-0.39, 0.29) is 12.0 Å². The summed E-state index contributed by atoms with van der Waals surface area (Å²) in [5.41, 5.74) is -2.77. The van der Waals surface area contributed by atoms with Crippen molar-refractivity contribution in [3.05, 3.63) is 17.2 Å². The third-order valence-corrected chi connectivity index (χ3v) is 1.57. The quantitative estimate of drug-likeness (QED) is 0.529. The SMILES string of the molecule is Cn1nc(C(F)Cl)c(C=O)c1F. The first kappa shape index (κ1) is 9.12. The molecule has 1 rings (SSSR count). The van der Waals surface area contributed by atoms with Gasteiger partial charge in [0.25, 0.3) is 0 Å². The lowest BCUT2D eigenvalue weighted by Crippen LogP contribution is -1.94. The van der Waals surface area contributed by atoms with Crippen LogP contribution in [0.15, 0.2) is 0 Å². The topological polar surface area (TPSA) is 34.9 Å². The summed E-state index contributed by atoms with van der Waals surface area (Å²) in [5.74, 6) is -0.886. The van der Waals surface area contributed by atoms with Crippen LogP contribution < -0.4 is 0 Å². The summed E-state index contributed by atoms with van der Waals surface area (Å²) >= 11 is 5.00.